The lowest BCUT2D eigenvalue weighted by molar-refractivity contribution is -0.116. The van der Waals surface area contributed by atoms with Gasteiger partial charge in [-0.05, 0) is 43.2 Å². The minimum Gasteiger partial charge on any atom is -0.332 e. The number of carbonyl (C=O) groups excluding carboxylic acids is 2. The van der Waals surface area contributed by atoms with Gasteiger partial charge in [-0.25, -0.2) is 9.97 Å². The third kappa shape index (κ3) is 4.20. The van der Waals surface area contributed by atoms with Gasteiger partial charge in [0.2, 0.25) is 5.91 Å². The van der Waals surface area contributed by atoms with Crippen LogP contribution in [0, 0.1) is 13.8 Å². The number of rotatable bonds is 5. The minimum atomic E-state index is -0.255. The average molecular weight is 363 g/mol. The van der Waals surface area contributed by atoms with Crippen LogP contribution in [0.2, 0.25) is 0 Å². The van der Waals surface area contributed by atoms with Crippen LogP contribution < -0.4 is 5.32 Å². The summed E-state index contributed by atoms with van der Waals surface area (Å²) in [6.45, 7) is 3.89. The zero-order chi connectivity index (χ0) is 19.4. The second-order valence-corrected chi connectivity index (χ2v) is 6.33. The second-order valence-electron chi connectivity index (χ2n) is 6.33. The monoisotopic (exact) mass is 363 g/mol. The van der Waals surface area contributed by atoms with Crippen LogP contribution in [0.5, 0.6) is 0 Å². The van der Waals surface area contributed by atoms with Gasteiger partial charge in [-0.2, -0.15) is 0 Å². The van der Waals surface area contributed by atoms with Crippen LogP contribution in [0.15, 0.2) is 55.2 Å². The summed E-state index contributed by atoms with van der Waals surface area (Å²) in [4.78, 5) is 34.6. The van der Waals surface area contributed by atoms with Gasteiger partial charge in [-0.15, -0.1) is 0 Å². The summed E-state index contributed by atoms with van der Waals surface area (Å²) in [7, 11) is 1.60. The van der Waals surface area contributed by atoms with Gasteiger partial charge in [0, 0.05) is 36.9 Å². The number of hydrogen-bond acceptors (Lipinski definition) is 4. The maximum Gasteiger partial charge on any atom is 0.254 e. The van der Waals surface area contributed by atoms with Crippen molar-refractivity contribution in [3.63, 3.8) is 0 Å². The molecule has 2 heterocycles. The Morgan fingerprint density at radius 1 is 1.19 bits per heavy atom. The van der Waals surface area contributed by atoms with E-state index in [1.165, 1.54) is 4.90 Å². The molecule has 0 spiro atoms. The SMILES string of the molecule is Cc1cccc(NC(=O)CN(C)C(=O)c2ccnc(-n3ccnc3)c2)c1C. The van der Waals surface area contributed by atoms with E-state index in [4.69, 9.17) is 0 Å². The molecular weight excluding hydrogens is 342 g/mol. The number of aromatic nitrogens is 3. The fraction of sp³-hybridized carbons (Fsp3) is 0.200. The Morgan fingerprint density at radius 3 is 2.74 bits per heavy atom. The van der Waals surface area contributed by atoms with Gasteiger partial charge in [-0.1, -0.05) is 12.1 Å². The number of aryl methyl sites for hydroxylation is 1. The second kappa shape index (κ2) is 7.82. The summed E-state index contributed by atoms with van der Waals surface area (Å²) in [5.41, 5.74) is 3.32. The molecule has 0 aliphatic heterocycles. The highest BCUT2D eigenvalue weighted by atomic mass is 16.2. The average Bonchev–Trinajstić information content (AvgIpc) is 3.19. The van der Waals surface area contributed by atoms with Crippen molar-refractivity contribution in [2.45, 2.75) is 13.8 Å². The van der Waals surface area contributed by atoms with Crippen molar-refractivity contribution in [1.29, 1.82) is 0 Å². The standard InChI is InChI=1S/C20H21N5O2/c1-14-5-4-6-17(15(14)2)23-19(26)12-24(3)20(27)16-7-8-22-18(11-16)25-10-9-21-13-25/h4-11,13H,12H2,1-3H3,(H,23,26). The Balaban J connectivity index is 1.68. The van der Waals surface area contributed by atoms with E-state index >= 15 is 0 Å². The summed E-state index contributed by atoms with van der Waals surface area (Å²) >= 11 is 0. The molecule has 138 valence electrons. The summed E-state index contributed by atoms with van der Waals surface area (Å²) < 4.78 is 1.71. The lowest BCUT2D eigenvalue weighted by Gasteiger charge is -2.18. The first-order valence-corrected chi connectivity index (χ1v) is 8.51. The highest BCUT2D eigenvalue weighted by Crippen LogP contribution is 2.18. The molecule has 3 rings (SSSR count). The van der Waals surface area contributed by atoms with Crippen molar-refractivity contribution in [3.05, 3.63) is 71.9 Å². The van der Waals surface area contributed by atoms with Gasteiger partial charge in [0.25, 0.3) is 5.91 Å². The molecule has 3 aromatic rings. The van der Waals surface area contributed by atoms with Gasteiger partial charge < -0.3 is 10.2 Å². The van der Waals surface area contributed by atoms with Gasteiger partial charge in [0.05, 0.1) is 6.54 Å². The molecule has 0 aliphatic carbocycles. The van der Waals surface area contributed by atoms with Gasteiger partial charge in [0.15, 0.2) is 0 Å². The van der Waals surface area contributed by atoms with E-state index in [9.17, 15) is 9.59 Å². The summed E-state index contributed by atoms with van der Waals surface area (Å²) in [5.74, 6) is 0.0879. The zero-order valence-corrected chi connectivity index (χ0v) is 15.5. The summed E-state index contributed by atoms with van der Waals surface area (Å²) in [6, 6.07) is 9.02. The third-order valence-electron chi connectivity index (χ3n) is 4.37. The van der Waals surface area contributed by atoms with E-state index in [2.05, 4.69) is 15.3 Å². The van der Waals surface area contributed by atoms with Crippen molar-refractivity contribution in [2.75, 3.05) is 18.9 Å². The van der Waals surface area contributed by atoms with Crippen LogP contribution in [0.3, 0.4) is 0 Å². The number of nitrogens with zero attached hydrogens (tertiary/aromatic N) is 4. The summed E-state index contributed by atoms with van der Waals surface area (Å²) in [5, 5.41) is 2.86. The van der Waals surface area contributed by atoms with Crippen LogP contribution in [-0.4, -0.2) is 44.8 Å². The number of carbonyl (C=O) groups is 2. The maximum atomic E-state index is 12.7. The molecule has 0 bridgehead atoms. The number of benzene rings is 1. The molecule has 7 nitrogen and oxygen atoms in total. The van der Waals surface area contributed by atoms with E-state index in [0.29, 0.717) is 11.4 Å². The van der Waals surface area contributed by atoms with Crippen LogP contribution in [0.1, 0.15) is 21.5 Å². The fourth-order valence-corrected chi connectivity index (χ4v) is 2.67. The molecule has 2 amide bonds. The number of likely N-dealkylation sites (N-methyl/N-ethyl adjacent to an activating group) is 1. The smallest absolute Gasteiger partial charge is 0.254 e. The number of nitrogens with one attached hydrogen (secondary N) is 1. The molecule has 0 saturated heterocycles. The van der Waals surface area contributed by atoms with Crippen LogP contribution in [0.4, 0.5) is 5.69 Å². The molecule has 0 unspecified atom stereocenters. The Morgan fingerprint density at radius 2 is 2.00 bits per heavy atom. The highest BCUT2D eigenvalue weighted by molar-refractivity contribution is 5.99. The lowest BCUT2D eigenvalue weighted by Crippen LogP contribution is -2.35. The largest absolute Gasteiger partial charge is 0.332 e. The predicted octanol–water partition coefficient (Wildman–Crippen LogP) is 2.59. The molecule has 2 aromatic heterocycles. The molecular formula is C20H21N5O2. The van der Waals surface area contributed by atoms with Crippen molar-refractivity contribution >= 4 is 17.5 Å². The van der Waals surface area contributed by atoms with Crippen LogP contribution in [0.25, 0.3) is 5.82 Å². The zero-order valence-electron chi connectivity index (χ0n) is 15.5. The molecule has 1 aromatic carbocycles. The molecule has 1 N–H and O–H groups in total. The molecule has 0 radical (unpaired) electrons. The molecule has 0 aliphatic rings. The number of imidazole rings is 1. The first kappa shape index (κ1) is 18.3. The normalized spacial score (nSPS) is 10.5. The van der Waals surface area contributed by atoms with Crippen LogP contribution >= 0.6 is 0 Å². The Hall–Kier alpha value is -3.48. The van der Waals surface area contributed by atoms with E-state index in [1.807, 2.05) is 32.0 Å². The third-order valence-corrected chi connectivity index (χ3v) is 4.37. The predicted molar refractivity (Wildman–Crippen MR) is 103 cm³/mol. The molecule has 0 fully saturated rings. The highest BCUT2D eigenvalue weighted by Gasteiger charge is 2.16. The molecule has 7 heteroatoms. The van der Waals surface area contributed by atoms with E-state index in [-0.39, 0.29) is 18.4 Å². The quantitative estimate of drug-likeness (QED) is 0.756. The van der Waals surface area contributed by atoms with E-state index < -0.39 is 0 Å². The molecule has 27 heavy (non-hydrogen) atoms. The number of anilines is 1. The summed E-state index contributed by atoms with van der Waals surface area (Å²) in [6.07, 6.45) is 6.56. The first-order chi connectivity index (χ1) is 13.0. The topological polar surface area (TPSA) is 80.1 Å². The lowest BCUT2D eigenvalue weighted by atomic mass is 10.1. The number of hydrogen-bond donors (Lipinski definition) is 1. The van der Waals surface area contributed by atoms with Crippen molar-refractivity contribution in [3.8, 4) is 5.82 Å². The van der Waals surface area contributed by atoms with E-state index in [1.54, 1.807) is 48.7 Å². The minimum absolute atomic E-state index is 0.0467. The maximum absolute atomic E-state index is 12.7. The number of pyridine rings is 1. The first-order valence-electron chi connectivity index (χ1n) is 8.51. The number of amides is 2. The molecule has 0 saturated carbocycles. The van der Waals surface area contributed by atoms with Crippen molar-refractivity contribution < 1.29 is 9.59 Å². The van der Waals surface area contributed by atoms with Gasteiger partial charge >= 0.3 is 0 Å². The molecule has 0 atom stereocenters. The Bertz CT molecular complexity index is 966. The fourth-order valence-electron chi connectivity index (χ4n) is 2.67. The Kier molecular flexibility index (Phi) is 5.30. The van der Waals surface area contributed by atoms with Crippen molar-refractivity contribution in [1.82, 2.24) is 19.4 Å². The van der Waals surface area contributed by atoms with Gasteiger partial charge in [0.1, 0.15) is 12.1 Å². The van der Waals surface area contributed by atoms with E-state index in [0.717, 1.165) is 16.8 Å². The Labute approximate surface area is 157 Å². The van der Waals surface area contributed by atoms with Crippen molar-refractivity contribution in [2.24, 2.45) is 0 Å². The van der Waals surface area contributed by atoms with Crippen LogP contribution in [-0.2, 0) is 4.79 Å². The van der Waals surface area contributed by atoms with Gasteiger partial charge in [-0.3, -0.25) is 14.2 Å².